The largest absolute Gasteiger partial charge is 0.396 e. The second-order valence-electron chi connectivity index (χ2n) is 6.31. The lowest BCUT2D eigenvalue weighted by Gasteiger charge is -2.38. The van der Waals surface area contributed by atoms with Gasteiger partial charge in [0.15, 0.2) is 0 Å². The topological polar surface area (TPSA) is 29.5 Å². The monoisotopic (exact) mass is 256 g/mol. The van der Waals surface area contributed by atoms with Gasteiger partial charge in [-0.05, 0) is 12.8 Å². The Labute approximate surface area is 113 Å². The van der Waals surface area contributed by atoms with Gasteiger partial charge in [-0.25, -0.2) is 0 Å². The van der Waals surface area contributed by atoms with E-state index in [0.29, 0.717) is 12.0 Å². The molecule has 1 aliphatic heterocycles. The fourth-order valence-electron chi connectivity index (χ4n) is 2.67. The third kappa shape index (κ3) is 7.38. The van der Waals surface area contributed by atoms with E-state index in [0.717, 1.165) is 19.6 Å². The summed E-state index contributed by atoms with van der Waals surface area (Å²) in [6, 6.07) is 0. The van der Waals surface area contributed by atoms with Crippen molar-refractivity contribution in [3.63, 3.8) is 0 Å². The van der Waals surface area contributed by atoms with Gasteiger partial charge in [0.2, 0.25) is 0 Å². The van der Waals surface area contributed by atoms with Gasteiger partial charge in [0.25, 0.3) is 0 Å². The standard InChI is InChI=1S/C16H32O2/c1-16(14-18-15-16)12-10-8-6-4-2-3-5-7-9-11-13-17/h17H,2-15H2,1H3. The van der Waals surface area contributed by atoms with Crippen molar-refractivity contribution in [1.29, 1.82) is 0 Å². The van der Waals surface area contributed by atoms with Crippen LogP contribution >= 0.6 is 0 Å². The second kappa shape index (κ2) is 9.80. The number of hydrogen-bond acceptors (Lipinski definition) is 2. The summed E-state index contributed by atoms with van der Waals surface area (Å²) >= 11 is 0. The summed E-state index contributed by atoms with van der Waals surface area (Å²) in [5.74, 6) is 0. The Kier molecular flexibility index (Phi) is 8.70. The zero-order chi connectivity index (χ0) is 13.1. The van der Waals surface area contributed by atoms with Crippen LogP contribution in [-0.4, -0.2) is 24.9 Å². The van der Waals surface area contributed by atoms with Gasteiger partial charge in [-0.1, -0.05) is 64.7 Å². The number of hydrogen-bond donors (Lipinski definition) is 1. The molecule has 0 atom stereocenters. The molecule has 0 amide bonds. The first-order valence-electron chi connectivity index (χ1n) is 7.95. The normalized spacial score (nSPS) is 17.7. The highest BCUT2D eigenvalue weighted by molar-refractivity contribution is 4.80. The third-order valence-corrected chi connectivity index (χ3v) is 4.09. The summed E-state index contributed by atoms with van der Waals surface area (Å²) in [6.45, 7) is 4.69. The quantitative estimate of drug-likeness (QED) is 0.527. The van der Waals surface area contributed by atoms with Gasteiger partial charge in [-0.2, -0.15) is 0 Å². The van der Waals surface area contributed by atoms with E-state index < -0.39 is 0 Å². The van der Waals surface area contributed by atoms with Crippen LogP contribution < -0.4 is 0 Å². The molecule has 0 radical (unpaired) electrons. The fraction of sp³-hybridized carbons (Fsp3) is 1.00. The molecule has 0 spiro atoms. The van der Waals surface area contributed by atoms with Crippen molar-refractivity contribution >= 4 is 0 Å². The van der Waals surface area contributed by atoms with Crippen molar-refractivity contribution in [2.24, 2.45) is 5.41 Å². The number of aliphatic hydroxyl groups is 1. The molecule has 1 aliphatic rings. The molecule has 0 aromatic heterocycles. The summed E-state index contributed by atoms with van der Waals surface area (Å²) in [7, 11) is 0. The van der Waals surface area contributed by atoms with E-state index in [1.54, 1.807) is 0 Å². The predicted octanol–water partition coefficient (Wildman–Crippen LogP) is 4.31. The lowest BCUT2D eigenvalue weighted by atomic mass is 9.83. The van der Waals surface area contributed by atoms with Gasteiger partial charge in [-0.3, -0.25) is 0 Å². The van der Waals surface area contributed by atoms with Gasteiger partial charge in [0.05, 0.1) is 13.2 Å². The van der Waals surface area contributed by atoms with Crippen molar-refractivity contribution in [1.82, 2.24) is 0 Å². The molecule has 108 valence electrons. The molecular weight excluding hydrogens is 224 g/mol. The van der Waals surface area contributed by atoms with E-state index >= 15 is 0 Å². The van der Waals surface area contributed by atoms with Crippen molar-refractivity contribution in [2.45, 2.75) is 77.6 Å². The number of ether oxygens (including phenoxy) is 1. The van der Waals surface area contributed by atoms with Crippen LogP contribution in [0, 0.1) is 5.41 Å². The predicted molar refractivity (Wildman–Crippen MR) is 76.8 cm³/mol. The molecule has 0 aliphatic carbocycles. The summed E-state index contributed by atoms with van der Waals surface area (Å²) in [5, 5.41) is 8.66. The molecule has 1 fully saturated rings. The molecule has 2 nitrogen and oxygen atoms in total. The molecule has 0 aromatic rings. The molecule has 0 unspecified atom stereocenters. The van der Waals surface area contributed by atoms with Crippen LogP contribution in [0.5, 0.6) is 0 Å². The summed E-state index contributed by atoms with van der Waals surface area (Å²) in [4.78, 5) is 0. The second-order valence-corrected chi connectivity index (χ2v) is 6.31. The van der Waals surface area contributed by atoms with Crippen molar-refractivity contribution < 1.29 is 9.84 Å². The molecular formula is C16H32O2. The Morgan fingerprint density at radius 2 is 1.22 bits per heavy atom. The van der Waals surface area contributed by atoms with Crippen LogP contribution in [0.4, 0.5) is 0 Å². The molecule has 0 bridgehead atoms. The molecule has 1 heterocycles. The minimum Gasteiger partial charge on any atom is -0.396 e. The van der Waals surface area contributed by atoms with Crippen LogP contribution in [0.3, 0.4) is 0 Å². The van der Waals surface area contributed by atoms with E-state index in [1.165, 1.54) is 64.2 Å². The van der Waals surface area contributed by atoms with E-state index in [4.69, 9.17) is 9.84 Å². The van der Waals surface area contributed by atoms with Gasteiger partial charge in [0, 0.05) is 12.0 Å². The highest BCUT2D eigenvalue weighted by atomic mass is 16.5. The fourth-order valence-corrected chi connectivity index (χ4v) is 2.67. The lowest BCUT2D eigenvalue weighted by molar-refractivity contribution is -0.106. The average molecular weight is 256 g/mol. The van der Waals surface area contributed by atoms with Gasteiger partial charge >= 0.3 is 0 Å². The first-order chi connectivity index (χ1) is 8.77. The highest BCUT2D eigenvalue weighted by Gasteiger charge is 2.32. The Morgan fingerprint density at radius 3 is 1.61 bits per heavy atom. The number of unbranched alkanes of at least 4 members (excludes halogenated alkanes) is 9. The molecule has 18 heavy (non-hydrogen) atoms. The van der Waals surface area contributed by atoms with Crippen molar-refractivity contribution in [2.75, 3.05) is 19.8 Å². The van der Waals surface area contributed by atoms with Crippen LogP contribution in [-0.2, 0) is 4.74 Å². The molecule has 2 heteroatoms. The maximum atomic E-state index is 8.66. The van der Waals surface area contributed by atoms with Gasteiger partial charge < -0.3 is 9.84 Å². The first kappa shape index (κ1) is 16.0. The maximum absolute atomic E-state index is 8.66. The molecule has 0 saturated carbocycles. The Balaban J connectivity index is 1.71. The van der Waals surface area contributed by atoms with E-state index in [1.807, 2.05) is 0 Å². The summed E-state index contributed by atoms with van der Waals surface area (Å²) < 4.78 is 5.27. The Bertz CT molecular complexity index is 188. The third-order valence-electron chi connectivity index (χ3n) is 4.09. The van der Waals surface area contributed by atoms with Crippen molar-refractivity contribution in [3.05, 3.63) is 0 Å². The number of aliphatic hydroxyl groups excluding tert-OH is 1. The summed E-state index contributed by atoms with van der Waals surface area (Å²) in [6.07, 6.45) is 14.6. The average Bonchev–Trinajstić information content (AvgIpc) is 2.34. The van der Waals surface area contributed by atoms with Gasteiger partial charge in [0.1, 0.15) is 0 Å². The van der Waals surface area contributed by atoms with Crippen molar-refractivity contribution in [3.8, 4) is 0 Å². The Hall–Kier alpha value is -0.0800. The molecule has 1 rings (SSSR count). The highest BCUT2D eigenvalue weighted by Crippen LogP contribution is 2.32. The van der Waals surface area contributed by atoms with E-state index in [9.17, 15) is 0 Å². The van der Waals surface area contributed by atoms with E-state index in [2.05, 4.69) is 6.92 Å². The zero-order valence-corrected chi connectivity index (χ0v) is 12.3. The van der Waals surface area contributed by atoms with Gasteiger partial charge in [-0.15, -0.1) is 0 Å². The van der Waals surface area contributed by atoms with E-state index in [-0.39, 0.29) is 0 Å². The maximum Gasteiger partial charge on any atom is 0.0542 e. The summed E-state index contributed by atoms with van der Waals surface area (Å²) in [5.41, 5.74) is 0.521. The van der Waals surface area contributed by atoms with Crippen LogP contribution in [0.2, 0.25) is 0 Å². The molecule has 0 aromatic carbocycles. The minimum atomic E-state index is 0.365. The molecule has 1 N–H and O–H groups in total. The van der Waals surface area contributed by atoms with Crippen LogP contribution in [0.15, 0.2) is 0 Å². The SMILES string of the molecule is CC1(CCCCCCCCCCCCO)COC1. The Morgan fingerprint density at radius 1 is 0.778 bits per heavy atom. The molecule has 1 saturated heterocycles. The number of rotatable bonds is 12. The first-order valence-corrected chi connectivity index (χ1v) is 7.95. The lowest BCUT2D eigenvalue weighted by Crippen LogP contribution is -2.39. The van der Waals surface area contributed by atoms with Crippen LogP contribution in [0.1, 0.15) is 77.6 Å². The smallest absolute Gasteiger partial charge is 0.0542 e. The zero-order valence-electron chi connectivity index (χ0n) is 12.3. The minimum absolute atomic E-state index is 0.365. The van der Waals surface area contributed by atoms with Crippen LogP contribution in [0.25, 0.3) is 0 Å².